The van der Waals surface area contributed by atoms with Gasteiger partial charge in [0.2, 0.25) is 9.04 Å². The van der Waals surface area contributed by atoms with Crippen molar-refractivity contribution in [3.05, 3.63) is 60.7 Å². The average Bonchev–Trinajstić information content (AvgIpc) is 3.18. The number of aliphatic hydroxyl groups is 1. The molecule has 2 aromatic carbocycles. The van der Waals surface area contributed by atoms with Crippen LogP contribution in [-0.4, -0.2) is 32.1 Å². The third kappa shape index (κ3) is 4.25. The first-order valence-corrected chi connectivity index (χ1v) is 12.4. The number of rotatable bonds is 5. The Hall–Kier alpha value is -1.75. The van der Waals surface area contributed by atoms with E-state index < -0.39 is 9.04 Å². The van der Waals surface area contributed by atoms with E-state index in [1.807, 2.05) is 12.1 Å². The van der Waals surface area contributed by atoms with E-state index in [1.54, 1.807) is 0 Å². The Morgan fingerprint density at radius 1 is 0.966 bits per heavy atom. The van der Waals surface area contributed by atoms with Gasteiger partial charge < -0.3 is 9.53 Å². The van der Waals surface area contributed by atoms with Crippen molar-refractivity contribution in [2.45, 2.75) is 52.2 Å². The van der Waals surface area contributed by atoms with Gasteiger partial charge in [0.15, 0.2) is 0 Å². The largest absolute Gasteiger partial charge is 0.407 e. The van der Waals surface area contributed by atoms with Gasteiger partial charge in [0.05, 0.1) is 12.2 Å². The highest BCUT2D eigenvalue weighted by Gasteiger charge is 2.53. The quantitative estimate of drug-likeness (QED) is 0.774. The van der Waals surface area contributed by atoms with E-state index in [9.17, 15) is 9.90 Å². The van der Waals surface area contributed by atoms with Crippen LogP contribution in [0.4, 0.5) is 0 Å². The first-order valence-electron chi connectivity index (χ1n) is 10.8. The Balaban J connectivity index is 1.70. The molecule has 0 bridgehead atoms. The molecule has 2 fully saturated rings. The second-order valence-electron chi connectivity index (χ2n) is 9.88. The summed E-state index contributed by atoms with van der Waals surface area (Å²) in [4.78, 5) is 12.1. The van der Waals surface area contributed by atoms with Crippen molar-refractivity contribution in [1.82, 2.24) is 0 Å². The van der Waals surface area contributed by atoms with Crippen molar-refractivity contribution >= 4 is 25.2 Å². The first-order chi connectivity index (χ1) is 13.8. The minimum absolute atomic E-state index is 0.0221. The molecule has 4 rings (SSSR count). The van der Waals surface area contributed by atoms with Crippen LogP contribution in [0.3, 0.4) is 0 Å². The number of hydrogen-bond donors (Lipinski definition) is 1. The summed E-state index contributed by atoms with van der Waals surface area (Å²) in [6.07, 6.45) is 1.50. The number of Topliss-reactive ketones (excluding diaryl/α,β-unsaturated/α-hetero) is 1. The molecule has 1 N–H and O–H groups in total. The third-order valence-electron chi connectivity index (χ3n) is 6.73. The molecule has 1 unspecified atom stereocenters. The summed E-state index contributed by atoms with van der Waals surface area (Å²) in [6, 6.07) is 21.0. The zero-order chi connectivity index (χ0) is 20.6. The molecule has 3 nitrogen and oxygen atoms in total. The Morgan fingerprint density at radius 2 is 1.52 bits per heavy atom. The molecule has 0 amide bonds. The average molecular weight is 409 g/mol. The van der Waals surface area contributed by atoms with Crippen molar-refractivity contribution in [3.8, 4) is 0 Å². The van der Waals surface area contributed by atoms with Crippen LogP contribution in [0.1, 0.15) is 40.0 Å². The number of hydrogen-bond acceptors (Lipinski definition) is 3. The van der Waals surface area contributed by atoms with E-state index in [0.29, 0.717) is 24.5 Å². The van der Waals surface area contributed by atoms with Gasteiger partial charge in [-0.05, 0) is 34.0 Å². The Labute approximate surface area is 175 Å². The number of benzene rings is 2. The second kappa shape index (κ2) is 8.17. The molecule has 2 aromatic rings. The Bertz CT molecular complexity index is 791. The van der Waals surface area contributed by atoms with E-state index in [-0.39, 0.29) is 29.5 Å². The minimum Gasteiger partial charge on any atom is -0.407 e. The maximum Gasteiger partial charge on any atom is 0.240 e. The van der Waals surface area contributed by atoms with Crippen molar-refractivity contribution < 1.29 is 14.3 Å². The molecule has 2 aliphatic rings. The van der Waals surface area contributed by atoms with Gasteiger partial charge in [0.1, 0.15) is 5.78 Å². The van der Waals surface area contributed by atoms with Crippen LogP contribution >= 0.6 is 0 Å². The molecule has 0 aromatic heterocycles. The van der Waals surface area contributed by atoms with Crippen LogP contribution < -0.4 is 10.4 Å². The summed E-state index contributed by atoms with van der Waals surface area (Å²) in [5, 5.41) is 13.5. The first kappa shape index (κ1) is 20.5. The van der Waals surface area contributed by atoms with Crippen molar-refractivity contribution in [2.75, 3.05) is 0 Å². The summed E-state index contributed by atoms with van der Waals surface area (Å²) >= 11 is 0. The van der Waals surface area contributed by atoms with Crippen molar-refractivity contribution in [1.29, 1.82) is 0 Å². The van der Waals surface area contributed by atoms with Crippen LogP contribution in [0.15, 0.2) is 60.7 Å². The molecular weight excluding hydrogens is 376 g/mol. The lowest BCUT2D eigenvalue weighted by Crippen LogP contribution is -2.53. The Kier molecular flexibility index (Phi) is 5.78. The SMILES string of the molecule is CC(C)(C)C(O[SiH](c1ccccc1)c1ccccc1)[C@H]1[C@H]2CC(=O)C[C@H]2C[C@H]1O. The summed E-state index contributed by atoms with van der Waals surface area (Å²) < 4.78 is 7.05. The van der Waals surface area contributed by atoms with E-state index in [2.05, 4.69) is 69.3 Å². The number of ketones is 1. The fourth-order valence-corrected chi connectivity index (χ4v) is 8.19. The predicted molar refractivity (Wildman–Crippen MR) is 119 cm³/mol. The van der Waals surface area contributed by atoms with E-state index >= 15 is 0 Å². The topological polar surface area (TPSA) is 46.5 Å². The Morgan fingerprint density at radius 3 is 2.03 bits per heavy atom. The van der Waals surface area contributed by atoms with Crippen molar-refractivity contribution in [3.63, 3.8) is 0 Å². The lowest BCUT2D eigenvalue weighted by Gasteiger charge is -2.41. The fourth-order valence-electron chi connectivity index (χ4n) is 5.47. The van der Waals surface area contributed by atoms with Gasteiger partial charge in [-0.2, -0.15) is 0 Å². The van der Waals surface area contributed by atoms with Gasteiger partial charge in [0, 0.05) is 18.8 Å². The highest BCUT2D eigenvalue weighted by molar-refractivity contribution is 6.80. The zero-order valence-corrected chi connectivity index (χ0v) is 18.8. The van der Waals surface area contributed by atoms with Crippen LogP contribution in [-0.2, 0) is 9.22 Å². The van der Waals surface area contributed by atoms with E-state index in [1.165, 1.54) is 10.4 Å². The maximum absolute atomic E-state index is 12.1. The predicted octanol–water partition coefficient (Wildman–Crippen LogP) is 2.93. The van der Waals surface area contributed by atoms with Gasteiger partial charge >= 0.3 is 0 Å². The number of carbonyl (C=O) groups is 1. The third-order valence-corrected chi connectivity index (χ3v) is 9.28. The van der Waals surface area contributed by atoms with E-state index in [4.69, 9.17) is 4.43 Å². The molecule has 0 saturated heterocycles. The molecular formula is C25H32O3Si. The number of aliphatic hydroxyl groups excluding tert-OH is 1. The lowest BCUT2D eigenvalue weighted by molar-refractivity contribution is -0.118. The van der Waals surface area contributed by atoms with E-state index in [0.717, 1.165) is 6.42 Å². The van der Waals surface area contributed by atoms with Crippen LogP contribution in [0.5, 0.6) is 0 Å². The molecule has 0 heterocycles. The fraction of sp³-hybridized carbons (Fsp3) is 0.480. The summed E-state index contributed by atoms with van der Waals surface area (Å²) in [6.45, 7) is 6.61. The molecule has 2 aliphatic carbocycles. The van der Waals surface area contributed by atoms with Gasteiger partial charge in [-0.3, -0.25) is 4.79 Å². The standard InChI is InChI=1S/C25H32O3Si/c1-25(2,3)24(23-21-16-18(26)14-17(21)15-22(23)27)28-29(19-10-6-4-7-11-19)20-12-8-5-9-13-20/h4-13,17,21-24,27,29H,14-16H2,1-3H3/t17-,21-,22+,23-,24?/m0/s1. The molecule has 0 radical (unpaired) electrons. The lowest BCUT2D eigenvalue weighted by atomic mass is 9.75. The maximum atomic E-state index is 12.1. The molecule has 154 valence electrons. The number of carbonyl (C=O) groups excluding carboxylic acids is 1. The smallest absolute Gasteiger partial charge is 0.240 e. The van der Waals surface area contributed by atoms with Gasteiger partial charge in [-0.15, -0.1) is 0 Å². The highest BCUT2D eigenvalue weighted by atomic mass is 28.3. The van der Waals surface area contributed by atoms with Crippen LogP contribution in [0, 0.1) is 23.2 Å². The molecule has 4 heteroatoms. The normalized spacial score (nSPS) is 28.0. The molecule has 0 spiro atoms. The zero-order valence-electron chi connectivity index (χ0n) is 17.6. The molecule has 29 heavy (non-hydrogen) atoms. The summed E-state index contributed by atoms with van der Waals surface area (Å²) in [5.41, 5.74) is -0.124. The molecule has 2 saturated carbocycles. The van der Waals surface area contributed by atoms with Crippen LogP contribution in [0.25, 0.3) is 0 Å². The molecule has 0 aliphatic heterocycles. The summed E-state index contributed by atoms with van der Waals surface area (Å²) in [5.74, 6) is 0.950. The molecule has 5 atom stereocenters. The van der Waals surface area contributed by atoms with Gasteiger partial charge in [-0.25, -0.2) is 0 Å². The van der Waals surface area contributed by atoms with Gasteiger partial charge in [-0.1, -0.05) is 81.4 Å². The van der Waals surface area contributed by atoms with Gasteiger partial charge in [0.25, 0.3) is 0 Å². The summed E-state index contributed by atoms with van der Waals surface area (Å²) in [7, 11) is -1.94. The number of fused-ring (bicyclic) bond motifs is 1. The minimum atomic E-state index is -1.94. The monoisotopic (exact) mass is 408 g/mol. The second-order valence-corrected chi connectivity index (χ2v) is 12.2. The van der Waals surface area contributed by atoms with Crippen molar-refractivity contribution in [2.24, 2.45) is 23.2 Å². The highest BCUT2D eigenvalue weighted by Crippen LogP contribution is 2.51. The van der Waals surface area contributed by atoms with Crippen LogP contribution in [0.2, 0.25) is 0 Å².